The molecule has 2 heterocycles. The molecule has 3 rings (SSSR count). The Kier molecular flexibility index (Phi) is 2.92. The molecule has 3 aromatic rings. The molecular weight excluding hydrogens is 258 g/mol. The van der Waals surface area contributed by atoms with E-state index in [1.165, 1.54) is 12.3 Å². The summed E-state index contributed by atoms with van der Waals surface area (Å²) < 4.78 is 6.01. The second kappa shape index (κ2) is 4.88. The van der Waals surface area contributed by atoms with E-state index in [0.717, 1.165) is 10.4 Å². The van der Waals surface area contributed by atoms with E-state index in [1.54, 1.807) is 6.07 Å². The molecule has 3 N–H and O–H groups in total. The molecule has 0 aliphatic heterocycles. The molecule has 0 bridgehead atoms. The van der Waals surface area contributed by atoms with Crippen LogP contribution in [0.25, 0.3) is 0 Å². The van der Waals surface area contributed by atoms with Crippen molar-refractivity contribution in [1.82, 2.24) is 14.8 Å². The third-order valence-corrected chi connectivity index (χ3v) is 2.59. The fourth-order valence-corrected chi connectivity index (χ4v) is 1.68. The topological polar surface area (TPSA) is 99.0 Å². The lowest BCUT2D eigenvalue weighted by Crippen LogP contribution is -2.15. The standard InChI is InChI=1S/C13H11N5O2/c14-12-16-13(15-9-5-2-1-3-6-9)17-18(12)11(19)10-7-4-8-20-10/h1-8H,(H3,14,15,16,17). The van der Waals surface area contributed by atoms with Gasteiger partial charge in [0, 0.05) is 5.69 Å². The first-order valence-corrected chi connectivity index (χ1v) is 5.87. The highest BCUT2D eigenvalue weighted by Crippen LogP contribution is 2.15. The summed E-state index contributed by atoms with van der Waals surface area (Å²) in [5.74, 6) is -0.0904. The highest BCUT2D eigenvalue weighted by molar-refractivity contribution is 5.94. The number of para-hydroxylation sites is 1. The maximum absolute atomic E-state index is 12.1. The van der Waals surface area contributed by atoms with Crippen molar-refractivity contribution in [2.45, 2.75) is 0 Å². The van der Waals surface area contributed by atoms with Crippen LogP contribution in [0.5, 0.6) is 0 Å². The second-order valence-corrected chi connectivity index (χ2v) is 3.98. The first-order valence-electron chi connectivity index (χ1n) is 5.87. The number of benzene rings is 1. The zero-order chi connectivity index (χ0) is 13.9. The molecule has 0 saturated heterocycles. The number of nitrogens with one attached hydrogen (secondary N) is 1. The molecule has 0 saturated carbocycles. The van der Waals surface area contributed by atoms with Crippen LogP contribution in [0.1, 0.15) is 10.6 Å². The van der Waals surface area contributed by atoms with E-state index in [0.29, 0.717) is 0 Å². The summed E-state index contributed by atoms with van der Waals surface area (Å²) in [5.41, 5.74) is 6.49. The van der Waals surface area contributed by atoms with Crippen molar-refractivity contribution >= 4 is 23.5 Å². The Bertz CT molecular complexity index is 719. The van der Waals surface area contributed by atoms with Gasteiger partial charge in [0.25, 0.3) is 0 Å². The SMILES string of the molecule is Nc1nc(Nc2ccccc2)nn1C(=O)c1ccco1. The molecule has 0 radical (unpaired) electrons. The van der Waals surface area contributed by atoms with Crippen molar-refractivity contribution in [3.05, 3.63) is 54.5 Å². The van der Waals surface area contributed by atoms with Gasteiger partial charge in [-0.1, -0.05) is 18.2 Å². The maximum atomic E-state index is 12.1. The Morgan fingerprint density at radius 1 is 1.20 bits per heavy atom. The van der Waals surface area contributed by atoms with E-state index in [-0.39, 0.29) is 17.7 Å². The van der Waals surface area contributed by atoms with Crippen LogP contribution < -0.4 is 11.1 Å². The molecule has 2 aromatic heterocycles. The van der Waals surface area contributed by atoms with Gasteiger partial charge in [0.05, 0.1) is 6.26 Å². The lowest BCUT2D eigenvalue weighted by Gasteiger charge is -1.99. The van der Waals surface area contributed by atoms with Crippen molar-refractivity contribution in [1.29, 1.82) is 0 Å². The van der Waals surface area contributed by atoms with Crippen LogP contribution in [-0.4, -0.2) is 20.7 Å². The molecule has 0 amide bonds. The molecule has 7 heteroatoms. The number of nitrogens with two attached hydrogens (primary N) is 1. The van der Waals surface area contributed by atoms with Crippen molar-refractivity contribution in [2.24, 2.45) is 0 Å². The Morgan fingerprint density at radius 2 is 2.00 bits per heavy atom. The normalized spacial score (nSPS) is 10.4. The summed E-state index contributed by atoms with van der Waals surface area (Å²) in [6.45, 7) is 0. The average Bonchev–Trinajstić information content (AvgIpc) is 3.09. The third kappa shape index (κ3) is 2.24. The molecule has 0 aliphatic rings. The average molecular weight is 269 g/mol. The monoisotopic (exact) mass is 269 g/mol. The number of furan rings is 1. The number of carbonyl (C=O) groups excluding carboxylic acids is 1. The van der Waals surface area contributed by atoms with E-state index in [9.17, 15) is 4.79 Å². The van der Waals surface area contributed by atoms with Crippen LogP contribution in [0.4, 0.5) is 17.6 Å². The minimum absolute atomic E-state index is 0.00942. The van der Waals surface area contributed by atoms with Crippen LogP contribution in [0.15, 0.2) is 53.1 Å². The second-order valence-electron chi connectivity index (χ2n) is 3.98. The first-order chi connectivity index (χ1) is 9.74. The highest BCUT2D eigenvalue weighted by atomic mass is 16.3. The minimum atomic E-state index is -0.471. The fourth-order valence-electron chi connectivity index (χ4n) is 1.68. The number of hydrogen-bond acceptors (Lipinski definition) is 6. The quantitative estimate of drug-likeness (QED) is 0.753. The molecule has 100 valence electrons. The molecule has 0 atom stereocenters. The predicted molar refractivity (Wildman–Crippen MR) is 72.6 cm³/mol. The number of anilines is 3. The van der Waals surface area contributed by atoms with Crippen LogP contribution in [0.3, 0.4) is 0 Å². The van der Waals surface area contributed by atoms with Gasteiger partial charge in [0.1, 0.15) is 0 Å². The zero-order valence-corrected chi connectivity index (χ0v) is 10.4. The van der Waals surface area contributed by atoms with Crippen molar-refractivity contribution < 1.29 is 9.21 Å². The van der Waals surface area contributed by atoms with E-state index in [1.807, 2.05) is 30.3 Å². The number of carbonyl (C=O) groups is 1. The summed E-state index contributed by atoms with van der Waals surface area (Å²) in [7, 11) is 0. The van der Waals surface area contributed by atoms with Gasteiger partial charge in [-0.3, -0.25) is 4.79 Å². The Morgan fingerprint density at radius 3 is 2.70 bits per heavy atom. The van der Waals surface area contributed by atoms with Crippen LogP contribution in [-0.2, 0) is 0 Å². The number of hydrogen-bond donors (Lipinski definition) is 2. The Balaban J connectivity index is 1.86. The molecule has 1 aromatic carbocycles. The fraction of sp³-hybridized carbons (Fsp3) is 0. The van der Waals surface area contributed by atoms with Crippen LogP contribution >= 0.6 is 0 Å². The summed E-state index contributed by atoms with van der Waals surface area (Å²) in [6.07, 6.45) is 1.41. The van der Waals surface area contributed by atoms with E-state index < -0.39 is 5.91 Å². The van der Waals surface area contributed by atoms with Gasteiger partial charge in [-0.2, -0.15) is 9.67 Å². The van der Waals surface area contributed by atoms with Gasteiger partial charge in [-0.05, 0) is 24.3 Å². The Hall–Kier alpha value is -3.09. The molecule has 0 fully saturated rings. The van der Waals surface area contributed by atoms with Crippen molar-refractivity contribution in [3.63, 3.8) is 0 Å². The largest absolute Gasteiger partial charge is 0.459 e. The number of rotatable bonds is 3. The van der Waals surface area contributed by atoms with Crippen LogP contribution in [0.2, 0.25) is 0 Å². The van der Waals surface area contributed by atoms with Gasteiger partial charge < -0.3 is 15.5 Å². The lowest BCUT2D eigenvalue weighted by molar-refractivity contribution is 0.0920. The van der Waals surface area contributed by atoms with Gasteiger partial charge in [-0.25, -0.2) is 0 Å². The summed E-state index contributed by atoms with van der Waals surface area (Å²) in [5, 5.41) is 6.98. The molecule has 0 aliphatic carbocycles. The van der Waals surface area contributed by atoms with Crippen LogP contribution in [0, 0.1) is 0 Å². The molecule has 7 nitrogen and oxygen atoms in total. The summed E-state index contributed by atoms with van der Waals surface area (Å²) >= 11 is 0. The van der Waals surface area contributed by atoms with E-state index >= 15 is 0 Å². The predicted octanol–water partition coefficient (Wildman–Crippen LogP) is 1.89. The number of nitrogens with zero attached hydrogens (tertiary/aromatic N) is 3. The molecular formula is C13H11N5O2. The smallest absolute Gasteiger partial charge is 0.317 e. The van der Waals surface area contributed by atoms with E-state index in [4.69, 9.17) is 10.2 Å². The highest BCUT2D eigenvalue weighted by Gasteiger charge is 2.17. The molecule has 0 spiro atoms. The van der Waals surface area contributed by atoms with Gasteiger partial charge in [0.15, 0.2) is 5.76 Å². The van der Waals surface area contributed by atoms with Gasteiger partial charge in [-0.15, -0.1) is 5.10 Å². The van der Waals surface area contributed by atoms with E-state index in [2.05, 4.69) is 15.4 Å². The maximum Gasteiger partial charge on any atom is 0.317 e. The Labute approximate surface area is 114 Å². The summed E-state index contributed by atoms with van der Waals surface area (Å²) in [4.78, 5) is 16.0. The molecule has 20 heavy (non-hydrogen) atoms. The van der Waals surface area contributed by atoms with Gasteiger partial charge >= 0.3 is 5.91 Å². The first kappa shape index (κ1) is 12.0. The zero-order valence-electron chi connectivity index (χ0n) is 10.4. The summed E-state index contributed by atoms with van der Waals surface area (Å²) in [6, 6.07) is 12.5. The minimum Gasteiger partial charge on any atom is -0.459 e. The lowest BCUT2D eigenvalue weighted by atomic mass is 10.3. The van der Waals surface area contributed by atoms with Crippen molar-refractivity contribution in [3.8, 4) is 0 Å². The number of aromatic nitrogens is 3. The van der Waals surface area contributed by atoms with Crippen molar-refractivity contribution in [2.75, 3.05) is 11.1 Å². The molecule has 0 unspecified atom stereocenters. The number of nitrogen functional groups attached to an aromatic ring is 1. The third-order valence-electron chi connectivity index (χ3n) is 2.59. The van der Waals surface area contributed by atoms with Gasteiger partial charge in [0.2, 0.25) is 11.9 Å².